The molecule has 2 aromatic rings. The number of aryl methyl sites for hydroxylation is 1. The molecule has 0 radical (unpaired) electrons. The van der Waals surface area contributed by atoms with Crippen LogP contribution in [-0.4, -0.2) is 11.6 Å². The first kappa shape index (κ1) is 13.9. The summed E-state index contributed by atoms with van der Waals surface area (Å²) in [7, 11) is 0. The summed E-state index contributed by atoms with van der Waals surface area (Å²) in [5.74, 6) is 0.175. The van der Waals surface area contributed by atoms with Crippen LogP contribution in [0.15, 0.2) is 29.6 Å². The summed E-state index contributed by atoms with van der Waals surface area (Å²) in [6, 6.07) is 6.60. The maximum absolute atomic E-state index is 12.0. The van der Waals surface area contributed by atoms with Crippen molar-refractivity contribution in [3.05, 3.63) is 45.9 Å². The maximum atomic E-state index is 12.0. The highest BCUT2D eigenvalue weighted by molar-refractivity contribution is 7.09. The average Bonchev–Trinajstić information content (AvgIpc) is 2.77. The molecule has 1 aromatic carbocycles. The van der Waals surface area contributed by atoms with E-state index in [9.17, 15) is 8.78 Å². The highest BCUT2D eigenvalue weighted by Gasteiger charge is 2.03. The Labute approximate surface area is 114 Å². The number of aromatic nitrogens is 1. The van der Waals surface area contributed by atoms with Gasteiger partial charge in [0.05, 0.1) is 10.7 Å². The van der Waals surface area contributed by atoms with Gasteiger partial charge in [-0.15, -0.1) is 11.3 Å². The van der Waals surface area contributed by atoms with Crippen molar-refractivity contribution < 1.29 is 13.5 Å². The van der Waals surface area contributed by atoms with Crippen LogP contribution in [0.5, 0.6) is 5.75 Å². The molecule has 1 heterocycles. The molecule has 19 heavy (non-hydrogen) atoms. The first-order valence-electron chi connectivity index (χ1n) is 5.79. The number of alkyl halides is 2. The number of hydrogen-bond acceptors (Lipinski definition) is 4. The third-order valence-electron chi connectivity index (χ3n) is 2.45. The van der Waals surface area contributed by atoms with Gasteiger partial charge in [-0.05, 0) is 24.6 Å². The van der Waals surface area contributed by atoms with Gasteiger partial charge in [-0.2, -0.15) is 8.78 Å². The number of nitrogens with one attached hydrogen (secondary N) is 1. The molecule has 1 N–H and O–H groups in total. The highest BCUT2D eigenvalue weighted by atomic mass is 32.1. The second-order valence-corrected chi connectivity index (χ2v) is 5.05. The molecule has 0 unspecified atom stereocenters. The number of benzene rings is 1. The lowest BCUT2D eigenvalue weighted by Gasteiger charge is -2.06. The summed E-state index contributed by atoms with van der Waals surface area (Å²) >= 11 is 1.62. The van der Waals surface area contributed by atoms with Crippen LogP contribution in [0.2, 0.25) is 0 Å². The number of rotatable bonds is 6. The van der Waals surface area contributed by atoms with Gasteiger partial charge in [0, 0.05) is 18.5 Å². The summed E-state index contributed by atoms with van der Waals surface area (Å²) < 4.78 is 28.2. The van der Waals surface area contributed by atoms with E-state index in [2.05, 4.69) is 15.0 Å². The summed E-state index contributed by atoms with van der Waals surface area (Å²) in [5, 5.41) is 6.31. The van der Waals surface area contributed by atoms with Crippen LogP contribution in [-0.2, 0) is 13.1 Å². The molecule has 0 atom stereocenters. The van der Waals surface area contributed by atoms with Crippen molar-refractivity contribution in [2.24, 2.45) is 0 Å². The number of halogens is 2. The Balaban J connectivity index is 1.79. The molecule has 6 heteroatoms. The zero-order valence-corrected chi connectivity index (χ0v) is 11.2. The molecule has 0 spiro atoms. The van der Waals surface area contributed by atoms with Crippen molar-refractivity contribution >= 4 is 11.3 Å². The number of thiazole rings is 1. The third kappa shape index (κ3) is 4.57. The average molecular weight is 284 g/mol. The lowest BCUT2D eigenvalue weighted by molar-refractivity contribution is -0.0498. The Hall–Kier alpha value is -1.53. The molecule has 2 rings (SSSR count). The van der Waals surface area contributed by atoms with Crippen molar-refractivity contribution in [3.63, 3.8) is 0 Å². The predicted octanol–water partition coefficient (Wildman–Crippen LogP) is 3.34. The monoisotopic (exact) mass is 284 g/mol. The van der Waals surface area contributed by atoms with Crippen molar-refractivity contribution in [2.45, 2.75) is 26.6 Å². The Morgan fingerprint density at radius 1 is 1.26 bits per heavy atom. The van der Waals surface area contributed by atoms with E-state index in [0.29, 0.717) is 13.1 Å². The molecule has 0 fully saturated rings. The molecule has 0 saturated carbocycles. The third-order valence-corrected chi connectivity index (χ3v) is 3.27. The zero-order chi connectivity index (χ0) is 13.7. The van der Waals surface area contributed by atoms with Gasteiger partial charge in [0.25, 0.3) is 0 Å². The first-order chi connectivity index (χ1) is 9.13. The van der Waals surface area contributed by atoms with E-state index >= 15 is 0 Å². The Kier molecular flexibility index (Phi) is 4.81. The molecule has 0 saturated heterocycles. The maximum Gasteiger partial charge on any atom is 0.387 e. The Morgan fingerprint density at radius 2 is 2.00 bits per heavy atom. The minimum Gasteiger partial charge on any atom is -0.435 e. The normalized spacial score (nSPS) is 10.9. The van der Waals surface area contributed by atoms with Gasteiger partial charge < -0.3 is 10.1 Å². The van der Waals surface area contributed by atoms with Gasteiger partial charge in [0.15, 0.2) is 0 Å². The number of ether oxygens (including phenoxy) is 1. The lowest BCUT2D eigenvalue weighted by atomic mass is 10.2. The smallest absolute Gasteiger partial charge is 0.387 e. The van der Waals surface area contributed by atoms with E-state index in [0.717, 1.165) is 16.3 Å². The fraction of sp³-hybridized carbons (Fsp3) is 0.308. The van der Waals surface area contributed by atoms with Gasteiger partial charge >= 0.3 is 6.61 Å². The van der Waals surface area contributed by atoms with Gasteiger partial charge in [0.2, 0.25) is 0 Å². The van der Waals surface area contributed by atoms with Gasteiger partial charge in [-0.25, -0.2) is 4.98 Å². The minimum atomic E-state index is -2.78. The highest BCUT2D eigenvalue weighted by Crippen LogP contribution is 2.15. The molecular formula is C13H14F2N2OS. The fourth-order valence-corrected chi connectivity index (χ4v) is 2.23. The number of nitrogens with zero attached hydrogens (tertiary/aromatic N) is 1. The molecule has 3 nitrogen and oxygen atoms in total. The van der Waals surface area contributed by atoms with Crippen molar-refractivity contribution in [3.8, 4) is 5.75 Å². The van der Waals surface area contributed by atoms with E-state index in [1.54, 1.807) is 23.5 Å². The Morgan fingerprint density at radius 3 is 2.58 bits per heavy atom. The molecule has 0 amide bonds. The topological polar surface area (TPSA) is 34.2 Å². The molecule has 1 aromatic heterocycles. The van der Waals surface area contributed by atoms with Crippen LogP contribution < -0.4 is 10.1 Å². The summed E-state index contributed by atoms with van der Waals surface area (Å²) in [6.45, 7) is 0.540. The predicted molar refractivity (Wildman–Crippen MR) is 70.5 cm³/mol. The van der Waals surface area contributed by atoms with Gasteiger partial charge in [0.1, 0.15) is 5.75 Å². The van der Waals surface area contributed by atoms with Crippen LogP contribution in [0.1, 0.15) is 16.3 Å². The van der Waals surface area contributed by atoms with Crippen LogP contribution in [0.3, 0.4) is 0 Å². The standard InChI is InChI=1S/C13H14F2N2OS/c1-9-17-11(8-19-9)7-16-6-10-2-4-12(5-3-10)18-13(14)15/h2-5,8,13,16H,6-7H2,1H3. The van der Waals surface area contributed by atoms with Crippen LogP contribution >= 0.6 is 11.3 Å². The Bertz CT molecular complexity index is 514. The van der Waals surface area contributed by atoms with Gasteiger partial charge in [-0.1, -0.05) is 12.1 Å². The SMILES string of the molecule is Cc1nc(CNCc2ccc(OC(F)F)cc2)cs1. The summed E-state index contributed by atoms with van der Waals surface area (Å²) in [6.07, 6.45) is 0. The largest absolute Gasteiger partial charge is 0.435 e. The lowest BCUT2D eigenvalue weighted by Crippen LogP contribution is -2.12. The van der Waals surface area contributed by atoms with Crippen LogP contribution in [0.25, 0.3) is 0 Å². The molecule has 0 aliphatic carbocycles. The minimum absolute atomic E-state index is 0.175. The van der Waals surface area contributed by atoms with Crippen LogP contribution in [0, 0.1) is 6.92 Å². The molecule has 0 bridgehead atoms. The quantitative estimate of drug-likeness (QED) is 0.883. The van der Waals surface area contributed by atoms with Crippen LogP contribution in [0.4, 0.5) is 8.78 Å². The molecule has 102 valence electrons. The zero-order valence-electron chi connectivity index (χ0n) is 10.4. The van der Waals surface area contributed by atoms with E-state index in [1.807, 2.05) is 12.3 Å². The molecule has 0 aliphatic rings. The van der Waals surface area contributed by atoms with Crippen molar-refractivity contribution in [2.75, 3.05) is 0 Å². The summed E-state index contributed by atoms with van der Waals surface area (Å²) in [4.78, 5) is 4.34. The van der Waals surface area contributed by atoms with E-state index in [1.165, 1.54) is 12.1 Å². The van der Waals surface area contributed by atoms with Gasteiger partial charge in [-0.3, -0.25) is 0 Å². The first-order valence-corrected chi connectivity index (χ1v) is 6.67. The fourth-order valence-electron chi connectivity index (χ4n) is 1.61. The van der Waals surface area contributed by atoms with E-state index in [4.69, 9.17) is 0 Å². The second kappa shape index (κ2) is 6.58. The number of hydrogen-bond donors (Lipinski definition) is 1. The second-order valence-electron chi connectivity index (χ2n) is 3.98. The van der Waals surface area contributed by atoms with Crippen molar-refractivity contribution in [1.82, 2.24) is 10.3 Å². The van der Waals surface area contributed by atoms with Crippen molar-refractivity contribution in [1.29, 1.82) is 0 Å². The summed E-state index contributed by atoms with van der Waals surface area (Å²) in [5.41, 5.74) is 2.02. The molecule has 0 aliphatic heterocycles. The molecular weight excluding hydrogens is 270 g/mol. The van der Waals surface area contributed by atoms with E-state index in [-0.39, 0.29) is 5.75 Å². The van der Waals surface area contributed by atoms with E-state index < -0.39 is 6.61 Å².